The number of aryl methyl sites for hydroxylation is 1. The normalized spacial score (nSPS) is 11.0. The molecule has 3 rings (SSSR count). The molecule has 0 spiro atoms. The van der Waals surface area contributed by atoms with Crippen LogP contribution in [0, 0.1) is 6.92 Å². The lowest BCUT2D eigenvalue weighted by atomic mass is 10.00. The van der Waals surface area contributed by atoms with Crippen LogP contribution in [0.25, 0.3) is 11.2 Å². The summed E-state index contributed by atoms with van der Waals surface area (Å²) in [4.78, 5) is 15.7. The van der Waals surface area contributed by atoms with Crippen molar-refractivity contribution in [3.63, 3.8) is 0 Å². The van der Waals surface area contributed by atoms with Crippen LogP contribution < -0.4 is 11.5 Å². The van der Waals surface area contributed by atoms with Gasteiger partial charge in [-0.25, -0.2) is 9.61 Å². The van der Waals surface area contributed by atoms with E-state index in [4.69, 9.17) is 11.5 Å². The smallest absolute Gasteiger partial charge is 0.249 e. The van der Waals surface area contributed by atoms with E-state index in [0.29, 0.717) is 33.3 Å². The summed E-state index contributed by atoms with van der Waals surface area (Å²) in [5.41, 5.74) is 15.7. The second-order valence-corrected chi connectivity index (χ2v) is 5.74. The molecule has 0 atom stereocenters. The van der Waals surface area contributed by atoms with Crippen molar-refractivity contribution >= 4 is 38.7 Å². The summed E-state index contributed by atoms with van der Waals surface area (Å²) in [6.07, 6.45) is 0.501. The van der Waals surface area contributed by atoms with Crippen LogP contribution in [-0.2, 0) is 6.42 Å². The zero-order valence-corrected chi connectivity index (χ0v) is 13.2. The molecular weight excluding hydrogens is 350 g/mol. The number of fused-ring (bicyclic) bond motifs is 1. The highest BCUT2D eigenvalue weighted by Gasteiger charge is 2.16. The highest BCUT2D eigenvalue weighted by Crippen LogP contribution is 2.27. The topological polar surface area (TPSA) is 121 Å². The molecule has 0 aliphatic rings. The Kier molecular flexibility index (Phi) is 3.53. The number of benzene rings is 1. The van der Waals surface area contributed by atoms with Crippen molar-refractivity contribution in [3.8, 4) is 0 Å². The van der Waals surface area contributed by atoms with Crippen LogP contribution >= 0.6 is 15.9 Å². The van der Waals surface area contributed by atoms with Crippen molar-refractivity contribution in [3.05, 3.63) is 45.1 Å². The fraction of sp³-hybridized carbons (Fsp3) is 0.143. The molecule has 0 radical (unpaired) electrons. The number of halogens is 1. The third kappa shape index (κ3) is 2.41. The number of rotatable bonds is 3. The van der Waals surface area contributed by atoms with Crippen LogP contribution in [0.4, 0.5) is 5.69 Å². The minimum atomic E-state index is -0.493. The van der Waals surface area contributed by atoms with Gasteiger partial charge in [-0.15, -0.1) is 0 Å². The summed E-state index contributed by atoms with van der Waals surface area (Å²) in [6.45, 7) is 1.84. The number of primary amides is 1. The SMILES string of the molecule is Cc1nc2nonc2c(N)c1Cc1ccc(Br)c(C(N)=O)c1. The van der Waals surface area contributed by atoms with Gasteiger partial charge < -0.3 is 11.5 Å². The van der Waals surface area contributed by atoms with Gasteiger partial charge >= 0.3 is 0 Å². The van der Waals surface area contributed by atoms with Crippen molar-refractivity contribution in [1.82, 2.24) is 15.3 Å². The number of hydrogen-bond acceptors (Lipinski definition) is 6. The van der Waals surface area contributed by atoms with Crippen LogP contribution in [0.3, 0.4) is 0 Å². The Morgan fingerprint density at radius 2 is 2.14 bits per heavy atom. The summed E-state index contributed by atoms with van der Waals surface area (Å²) in [5.74, 6) is -0.493. The van der Waals surface area contributed by atoms with E-state index < -0.39 is 5.91 Å². The monoisotopic (exact) mass is 361 g/mol. The Labute approximate surface area is 133 Å². The van der Waals surface area contributed by atoms with Crippen LogP contribution in [0.5, 0.6) is 0 Å². The Bertz CT molecular complexity index is 890. The van der Waals surface area contributed by atoms with E-state index in [1.165, 1.54) is 0 Å². The molecule has 0 aliphatic carbocycles. The zero-order valence-electron chi connectivity index (χ0n) is 11.6. The standard InChI is InChI=1S/C14H12BrN5O2/c1-6-8(11(16)12-14(18-6)20-22-19-12)4-7-2-3-10(15)9(5-7)13(17)21/h2-3,5H,4,16H2,1H3,(H2,17,21). The summed E-state index contributed by atoms with van der Waals surface area (Å²) in [5, 5.41) is 7.46. The highest BCUT2D eigenvalue weighted by atomic mass is 79.9. The number of amides is 1. The fourth-order valence-corrected chi connectivity index (χ4v) is 2.73. The fourth-order valence-electron chi connectivity index (χ4n) is 2.29. The van der Waals surface area contributed by atoms with Crippen molar-refractivity contribution in [1.29, 1.82) is 0 Å². The Morgan fingerprint density at radius 3 is 2.86 bits per heavy atom. The van der Waals surface area contributed by atoms with Gasteiger partial charge in [-0.2, -0.15) is 0 Å². The lowest BCUT2D eigenvalue weighted by molar-refractivity contribution is 0.0999. The second kappa shape index (κ2) is 5.38. The molecule has 112 valence electrons. The quantitative estimate of drug-likeness (QED) is 0.735. The predicted octanol–water partition coefficient (Wildman–Crippen LogP) is 1.96. The summed E-state index contributed by atoms with van der Waals surface area (Å²) in [7, 11) is 0. The Balaban J connectivity index is 2.06. The first-order valence-electron chi connectivity index (χ1n) is 6.43. The van der Waals surface area contributed by atoms with Gasteiger partial charge in [0.2, 0.25) is 11.6 Å². The first kappa shape index (κ1) is 14.5. The highest BCUT2D eigenvalue weighted by molar-refractivity contribution is 9.10. The van der Waals surface area contributed by atoms with Crippen LogP contribution in [0.1, 0.15) is 27.2 Å². The van der Waals surface area contributed by atoms with Gasteiger partial charge in [-0.05, 0) is 50.9 Å². The van der Waals surface area contributed by atoms with E-state index in [0.717, 1.165) is 16.8 Å². The number of nitrogens with two attached hydrogens (primary N) is 2. The molecule has 2 aromatic heterocycles. The molecule has 0 unspecified atom stereocenters. The number of carbonyl (C=O) groups is 1. The molecular formula is C14H12BrN5O2. The van der Waals surface area contributed by atoms with Crippen molar-refractivity contribution in [2.45, 2.75) is 13.3 Å². The molecule has 1 aromatic carbocycles. The van der Waals surface area contributed by atoms with Crippen LogP contribution in [-0.4, -0.2) is 21.2 Å². The Morgan fingerprint density at radius 1 is 1.36 bits per heavy atom. The van der Waals surface area contributed by atoms with Crippen LogP contribution in [0.2, 0.25) is 0 Å². The van der Waals surface area contributed by atoms with E-state index in [9.17, 15) is 4.79 Å². The second-order valence-electron chi connectivity index (χ2n) is 4.88. The molecule has 4 N–H and O–H groups in total. The van der Waals surface area contributed by atoms with Gasteiger partial charge in [0, 0.05) is 22.2 Å². The zero-order chi connectivity index (χ0) is 15.9. The molecule has 3 aromatic rings. The molecule has 22 heavy (non-hydrogen) atoms. The maximum atomic E-state index is 11.4. The number of aromatic nitrogens is 3. The summed E-state index contributed by atoms with van der Waals surface area (Å²) >= 11 is 3.30. The number of nitrogen functional groups attached to an aromatic ring is 1. The predicted molar refractivity (Wildman–Crippen MR) is 84.2 cm³/mol. The number of carbonyl (C=O) groups excluding carboxylic acids is 1. The van der Waals surface area contributed by atoms with Crippen molar-refractivity contribution < 1.29 is 9.42 Å². The minimum Gasteiger partial charge on any atom is -0.396 e. The molecule has 0 saturated heterocycles. The van der Waals surface area contributed by atoms with E-state index >= 15 is 0 Å². The van der Waals surface area contributed by atoms with Gasteiger partial charge in [0.15, 0.2) is 5.52 Å². The van der Waals surface area contributed by atoms with Gasteiger partial charge in [0.05, 0.1) is 11.3 Å². The summed E-state index contributed by atoms with van der Waals surface area (Å²) in [6, 6.07) is 5.40. The van der Waals surface area contributed by atoms with E-state index in [1.54, 1.807) is 12.1 Å². The molecule has 2 heterocycles. The van der Waals surface area contributed by atoms with Crippen molar-refractivity contribution in [2.75, 3.05) is 5.73 Å². The number of hydrogen-bond donors (Lipinski definition) is 2. The molecule has 7 nitrogen and oxygen atoms in total. The lowest BCUT2D eigenvalue weighted by Gasteiger charge is -2.10. The molecule has 1 amide bonds. The first-order chi connectivity index (χ1) is 10.5. The van der Waals surface area contributed by atoms with Gasteiger partial charge in [-0.3, -0.25) is 4.79 Å². The van der Waals surface area contributed by atoms with E-state index in [-0.39, 0.29) is 0 Å². The molecule has 0 aliphatic heterocycles. The van der Waals surface area contributed by atoms with E-state index in [2.05, 4.69) is 35.9 Å². The molecule has 8 heteroatoms. The number of pyridine rings is 1. The number of anilines is 1. The lowest BCUT2D eigenvalue weighted by Crippen LogP contribution is -2.12. The average Bonchev–Trinajstić information content (AvgIpc) is 2.93. The van der Waals surface area contributed by atoms with E-state index in [1.807, 2.05) is 13.0 Å². The van der Waals surface area contributed by atoms with Gasteiger partial charge in [0.1, 0.15) is 0 Å². The third-order valence-electron chi connectivity index (χ3n) is 3.44. The molecule has 0 fully saturated rings. The van der Waals surface area contributed by atoms with Gasteiger partial charge in [-0.1, -0.05) is 6.07 Å². The van der Waals surface area contributed by atoms with Gasteiger partial charge in [0.25, 0.3) is 0 Å². The maximum absolute atomic E-state index is 11.4. The Hall–Kier alpha value is -2.48. The average molecular weight is 362 g/mol. The number of nitrogens with zero attached hydrogens (tertiary/aromatic N) is 3. The molecule has 0 saturated carbocycles. The summed E-state index contributed by atoms with van der Waals surface area (Å²) < 4.78 is 5.32. The maximum Gasteiger partial charge on any atom is 0.249 e. The van der Waals surface area contributed by atoms with Crippen molar-refractivity contribution in [2.24, 2.45) is 5.73 Å². The first-order valence-corrected chi connectivity index (χ1v) is 7.22. The minimum absolute atomic E-state index is 0.382. The van der Waals surface area contributed by atoms with Crippen LogP contribution in [0.15, 0.2) is 27.3 Å². The largest absolute Gasteiger partial charge is 0.396 e. The molecule has 0 bridgehead atoms. The third-order valence-corrected chi connectivity index (χ3v) is 4.13.